The lowest BCUT2D eigenvalue weighted by Gasteiger charge is -2.20. The summed E-state index contributed by atoms with van der Waals surface area (Å²) in [5, 5.41) is 30.4. The lowest BCUT2D eigenvalue weighted by molar-refractivity contribution is 0.0696. The SMILES string of the molecule is CCCCC(C)[C@H](O)C=C[C@H]1[C@H]2CC(Cc3ccccc3C(=O)O)=C[C@H]2C[C@H]1O. The maximum Gasteiger partial charge on any atom is 0.335 e. The zero-order chi connectivity index (χ0) is 21.0. The molecule has 0 amide bonds. The van der Waals surface area contributed by atoms with Gasteiger partial charge in [-0.05, 0) is 55.1 Å². The highest BCUT2D eigenvalue weighted by molar-refractivity contribution is 5.89. The van der Waals surface area contributed by atoms with E-state index in [9.17, 15) is 20.1 Å². The van der Waals surface area contributed by atoms with E-state index < -0.39 is 12.1 Å². The maximum absolute atomic E-state index is 11.5. The summed E-state index contributed by atoms with van der Waals surface area (Å²) in [6.45, 7) is 4.23. The van der Waals surface area contributed by atoms with Crippen molar-refractivity contribution < 1.29 is 20.1 Å². The molecule has 0 spiro atoms. The van der Waals surface area contributed by atoms with Gasteiger partial charge in [0.05, 0.1) is 17.8 Å². The number of aliphatic hydroxyl groups excluding tert-OH is 2. The van der Waals surface area contributed by atoms with E-state index in [2.05, 4.69) is 19.9 Å². The Hall–Kier alpha value is -1.91. The van der Waals surface area contributed by atoms with Crippen molar-refractivity contribution in [2.75, 3.05) is 0 Å². The van der Waals surface area contributed by atoms with Gasteiger partial charge in [-0.2, -0.15) is 0 Å². The van der Waals surface area contributed by atoms with Crippen molar-refractivity contribution in [3.8, 4) is 0 Å². The fraction of sp³-hybridized carbons (Fsp3) is 0.560. The van der Waals surface area contributed by atoms with Crippen molar-refractivity contribution in [2.24, 2.45) is 23.7 Å². The van der Waals surface area contributed by atoms with Crippen LogP contribution in [0.15, 0.2) is 48.1 Å². The fourth-order valence-electron chi connectivity index (χ4n) is 4.99. The van der Waals surface area contributed by atoms with Gasteiger partial charge in [-0.25, -0.2) is 4.79 Å². The van der Waals surface area contributed by atoms with Crippen LogP contribution in [0.25, 0.3) is 0 Å². The Kier molecular flexibility index (Phi) is 7.31. The van der Waals surface area contributed by atoms with Crippen molar-refractivity contribution in [3.63, 3.8) is 0 Å². The normalized spacial score (nSPS) is 28.3. The molecule has 1 aromatic rings. The molecule has 4 nitrogen and oxygen atoms in total. The zero-order valence-corrected chi connectivity index (χ0v) is 17.5. The van der Waals surface area contributed by atoms with Crippen molar-refractivity contribution in [2.45, 2.75) is 64.6 Å². The highest BCUT2D eigenvalue weighted by atomic mass is 16.4. The van der Waals surface area contributed by atoms with E-state index in [1.165, 1.54) is 5.57 Å². The van der Waals surface area contributed by atoms with E-state index in [0.29, 0.717) is 23.8 Å². The second-order valence-electron chi connectivity index (χ2n) is 8.87. The second kappa shape index (κ2) is 9.73. The minimum Gasteiger partial charge on any atom is -0.478 e. The molecule has 3 N–H and O–H groups in total. The standard InChI is InChI=1S/C25H34O4/c1-3-4-7-16(2)23(26)11-10-21-22-14-17(13-19(22)15-24(21)27)12-18-8-5-6-9-20(18)25(28)29/h5-6,8-11,13,16,19,21-24,26-27H,3-4,7,12,14-15H2,1-2H3,(H,28,29)/t16?,19-,21-,22-,23+,24+/m0/s1. The smallest absolute Gasteiger partial charge is 0.335 e. The first-order valence-corrected chi connectivity index (χ1v) is 11.0. The molecule has 1 saturated carbocycles. The molecular formula is C25H34O4. The van der Waals surface area contributed by atoms with Gasteiger partial charge in [-0.1, -0.05) is 68.7 Å². The molecule has 29 heavy (non-hydrogen) atoms. The van der Waals surface area contributed by atoms with Gasteiger partial charge in [0, 0.05) is 5.92 Å². The van der Waals surface area contributed by atoms with Gasteiger partial charge in [0.15, 0.2) is 0 Å². The van der Waals surface area contributed by atoms with Crippen molar-refractivity contribution in [1.29, 1.82) is 0 Å². The molecule has 2 aliphatic carbocycles. The van der Waals surface area contributed by atoms with Gasteiger partial charge in [-0.3, -0.25) is 0 Å². The van der Waals surface area contributed by atoms with Crippen LogP contribution in [0.4, 0.5) is 0 Å². The van der Waals surface area contributed by atoms with E-state index in [4.69, 9.17) is 0 Å². The molecule has 6 atom stereocenters. The first-order valence-electron chi connectivity index (χ1n) is 11.0. The number of carboxylic acids is 1. The van der Waals surface area contributed by atoms with Crippen molar-refractivity contribution in [3.05, 3.63) is 59.2 Å². The Labute approximate surface area is 174 Å². The number of carboxylic acid groups (broad SMARTS) is 1. The fourth-order valence-corrected chi connectivity index (χ4v) is 4.99. The van der Waals surface area contributed by atoms with Crippen LogP contribution in [0.2, 0.25) is 0 Å². The number of hydrogen-bond donors (Lipinski definition) is 3. The molecule has 158 valence electrons. The lowest BCUT2D eigenvalue weighted by atomic mass is 9.87. The van der Waals surface area contributed by atoms with Crippen LogP contribution in [0.5, 0.6) is 0 Å². The van der Waals surface area contributed by atoms with Gasteiger partial charge in [0.25, 0.3) is 0 Å². The molecule has 1 aromatic carbocycles. The van der Waals surface area contributed by atoms with Crippen LogP contribution in [-0.2, 0) is 6.42 Å². The van der Waals surface area contributed by atoms with Crippen molar-refractivity contribution in [1.82, 2.24) is 0 Å². The third-order valence-electron chi connectivity index (χ3n) is 6.74. The highest BCUT2D eigenvalue weighted by Gasteiger charge is 2.43. The summed E-state index contributed by atoms with van der Waals surface area (Å²) in [6.07, 6.45) is 10.9. The average molecular weight is 399 g/mol. The van der Waals surface area contributed by atoms with E-state index in [1.807, 2.05) is 24.3 Å². The number of carbonyl (C=O) groups is 1. The Bertz CT molecular complexity index is 766. The zero-order valence-electron chi connectivity index (χ0n) is 17.5. The molecule has 1 fully saturated rings. The monoisotopic (exact) mass is 398 g/mol. The molecule has 4 heteroatoms. The minimum atomic E-state index is -0.887. The number of allylic oxidation sites excluding steroid dienone is 2. The molecule has 0 heterocycles. The molecule has 0 aliphatic heterocycles. The number of benzene rings is 1. The summed E-state index contributed by atoms with van der Waals surface area (Å²) in [7, 11) is 0. The van der Waals surface area contributed by atoms with E-state index in [0.717, 1.165) is 37.7 Å². The number of aromatic carboxylic acids is 1. The van der Waals surface area contributed by atoms with E-state index in [-0.39, 0.29) is 17.9 Å². The van der Waals surface area contributed by atoms with Gasteiger partial charge < -0.3 is 15.3 Å². The summed E-state index contributed by atoms with van der Waals surface area (Å²) < 4.78 is 0. The predicted molar refractivity (Wildman–Crippen MR) is 115 cm³/mol. The molecule has 0 saturated heterocycles. The topological polar surface area (TPSA) is 77.8 Å². The van der Waals surface area contributed by atoms with E-state index >= 15 is 0 Å². The van der Waals surface area contributed by atoms with Gasteiger partial charge in [0.1, 0.15) is 0 Å². The quantitative estimate of drug-likeness (QED) is 0.531. The third kappa shape index (κ3) is 5.18. The molecule has 2 aliphatic rings. The second-order valence-corrected chi connectivity index (χ2v) is 8.87. The summed E-state index contributed by atoms with van der Waals surface area (Å²) in [6, 6.07) is 7.19. The number of rotatable bonds is 9. The van der Waals surface area contributed by atoms with Crippen LogP contribution < -0.4 is 0 Å². The summed E-state index contributed by atoms with van der Waals surface area (Å²) in [5.41, 5.74) is 2.47. The highest BCUT2D eigenvalue weighted by Crippen LogP contribution is 2.48. The number of aliphatic hydroxyl groups is 2. The lowest BCUT2D eigenvalue weighted by Crippen LogP contribution is -2.20. The first kappa shape index (κ1) is 21.8. The molecule has 0 radical (unpaired) electrons. The molecule has 3 rings (SSSR count). The van der Waals surface area contributed by atoms with Crippen LogP contribution in [0.1, 0.15) is 61.9 Å². The van der Waals surface area contributed by atoms with Gasteiger partial charge in [-0.15, -0.1) is 0 Å². The Morgan fingerprint density at radius 3 is 2.79 bits per heavy atom. The van der Waals surface area contributed by atoms with Crippen LogP contribution in [-0.4, -0.2) is 33.5 Å². The van der Waals surface area contributed by atoms with Gasteiger partial charge in [0.2, 0.25) is 0 Å². The molecule has 1 unspecified atom stereocenters. The Balaban J connectivity index is 1.64. The van der Waals surface area contributed by atoms with E-state index in [1.54, 1.807) is 12.1 Å². The summed E-state index contributed by atoms with van der Waals surface area (Å²) in [5.74, 6) is 0.0660. The summed E-state index contributed by atoms with van der Waals surface area (Å²) >= 11 is 0. The van der Waals surface area contributed by atoms with Crippen LogP contribution in [0.3, 0.4) is 0 Å². The Morgan fingerprint density at radius 2 is 2.07 bits per heavy atom. The maximum atomic E-state index is 11.5. The molecule has 0 aromatic heterocycles. The predicted octanol–water partition coefficient (Wildman–Crippen LogP) is 4.61. The third-order valence-corrected chi connectivity index (χ3v) is 6.74. The van der Waals surface area contributed by atoms with Crippen LogP contribution in [0, 0.1) is 23.7 Å². The van der Waals surface area contributed by atoms with Crippen molar-refractivity contribution >= 4 is 5.97 Å². The average Bonchev–Trinajstić information content (AvgIpc) is 3.20. The number of fused-ring (bicyclic) bond motifs is 1. The summed E-state index contributed by atoms with van der Waals surface area (Å²) in [4.78, 5) is 11.5. The number of hydrogen-bond acceptors (Lipinski definition) is 3. The largest absolute Gasteiger partial charge is 0.478 e. The van der Waals surface area contributed by atoms with Crippen LogP contribution >= 0.6 is 0 Å². The molecular weight excluding hydrogens is 364 g/mol. The number of unbranched alkanes of at least 4 members (excludes halogenated alkanes) is 1. The van der Waals surface area contributed by atoms with Gasteiger partial charge >= 0.3 is 5.97 Å². The Morgan fingerprint density at radius 1 is 1.31 bits per heavy atom. The first-order chi connectivity index (χ1) is 13.9. The minimum absolute atomic E-state index is 0.0523. The molecule has 0 bridgehead atoms.